The van der Waals surface area contributed by atoms with Crippen LogP contribution in [0.25, 0.3) is 5.69 Å². The van der Waals surface area contributed by atoms with E-state index in [-0.39, 0.29) is 6.03 Å². The number of carbonyl (C=O) groups excluding carboxylic acids is 1. The van der Waals surface area contributed by atoms with Gasteiger partial charge in [-0.25, -0.2) is 9.48 Å². The van der Waals surface area contributed by atoms with Crippen LogP contribution in [0.4, 0.5) is 16.3 Å². The second kappa shape index (κ2) is 6.21. The van der Waals surface area contributed by atoms with E-state index in [1.54, 1.807) is 16.1 Å². The Bertz CT molecular complexity index is 797. The zero-order valence-electron chi connectivity index (χ0n) is 11.7. The van der Waals surface area contributed by atoms with Crippen molar-refractivity contribution in [2.75, 3.05) is 10.6 Å². The lowest BCUT2D eigenvalue weighted by Gasteiger charge is -2.09. The van der Waals surface area contributed by atoms with Gasteiger partial charge in [0.05, 0.1) is 21.4 Å². The van der Waals surface area contributed by atoms with Crippen molar-refractivity contribution in [2.45, 2.75) is 6.92 Å². The topological polar surface area (TPSA) is 59.0 Å². The molecule has 0 fully saturated rings. The number of amides is 2. The molecule has 5 nitrogen and oxygen atoms in total. The number of anilines is 2. The van der Waals surface area contributed by atoms with Crippen LogP contribution in [-0.4, -0.2) is 15.8 Å². The standard InChI is InChI=1S/C15H13ClN4OS/c1-10-7-14(20(19-10)12-5-3-2-4-6-12)18-15(21)17-11-8-13(16)22-9-11/h2-9H,1H3,(H2,17,18,21). The van der Waals surface area contributed by atoms with Crippen molar-refractivity contribution >= 4 is 40.5 Å². The summed E-state index contributed by atoms with van der Waals surface area (Å²) in [6, 6.07) is 12.8. The SMILES string of the molecule is Cc1cc(NC(=O)Nc2csc(Cl)c2)n(-c2ccccc2)n1. The molecule has 0 saturated carbocycles. The molecule has 1 aromatic carbocycles. The van der Waals surface area contributed by atoms with Crippen molar-refractivity contribution in [3.05, 3.63) is 57.9 Å². The third-order valence-corrected chi connectivity index (χ3v) is 3.99. The molecule has 0 atom stereocenters. The van der Waals surface area contributed by atoms with E-state index in [0.29, 0.717) is 15.8 Å². The van der Waals surface area contributed by atoms with Gasteiger partial charge in [-0.05, 0) is 25.1 Å². The van der Waals surface area contributed by atoms with E-state index < -0.39 is 0 Å². The van der Waals surface area contributed by atoms with Crippen LogP contribution in [-0.2, 0) is 0 Å². The first-order chi connectivity index (χ1) is 10.6. The lowest BCUT2D eigenvalue weighted by Crippen LogP contribution is -2.21. The first kappa shape index (κ1) is 14.6. The molecule has 0 aliphatic rings. The Labute approximate surface area is 136 Å². The number of nitrogens with one attached hydrogen (secondary N) is 2. The first-order valence-electron chi connectivity index (χ1n) is 6.56. The second-order valence-electron chi connectivity index (χ2n) is 4.64. The number of urea groups is 1. The van der Waals surface area contributed by atoms with Gasteiger partial charge >= 0.3 is 6.03 Å². The monoisotopic (exact) mass is 332 g/mol. The molecule has 0 bridgehead atoms. The summed E-state index contributed by atoms with van der Waals surface area (Å²) in [7, 11) is 0. The molecule has 112 valence electrons. The van der Waals surface area contributed by atoms with Gasteiger partial charge in [-0.2, -0.15) is 5.10 Å². The normalized spacial score (nSPS) is 10.5. The van der Waals surface area contributed by atoms with Crippen LogP contribution in [0.5, 0.6) is 0 Å². The van der Waals surface area contributed by atoms with E-state index >= 15 is 0 Å². The van der Waals surface area contributed by atoms with E-state index in [9.17, 15) is 4.79 Å². The molecule has 0 spiro atoms. The highest BCUT2D eigenvalue weighted by Gasteiger charge is 2.11. The number of rotatable bonds is 3. The van der Waals surface area contributed by atoms with Crippen molar-refractivity contribution in [1.29, 1.82) is 0 Å². The molecular weight excluding hydrogens is 320 g/mol. The molecule has 0 radical (unpaired) electrons. The Morgan fingerprint density at radius 2 is 2.00 bits per heavy atom. The molecule has 2 N–H and O–H groups in total. The molecule has 3 aromatic rings. The van der Waals surface area contributed by atoms with E-state index in [1.165, 1.54) is 11.3 Å². The Balaban J connectivity index is 1.79. The molecule has 2 heterocycles. The number of nitrogens with zero attached hydrogens (tertiary/aromatic N) is 2. The average molecular weight is 333 g/mol. The van der Waals surface area contributed by atoms with Crippen molar-refractivity contribution < 1.29 is 4.79 Å². The van der Waals surface area contributed by atoms with Crippen LogP contribution in [0.15, 0.2) is 47.8 Å². The van der Waals surface area contributed by atoms with Crippen molar-refractivity contribution in [3.63, 3.8) is 0 Å². The molecule has 2 amide bonds. The van der Waals surface area contributed by atoms with Crippen molar-refractivity contribution in [1.82, 2.24) is 9.78 Å². The fourth-order valence-corrected chi connectivity index (χ4v) is 2.82. The lowest BCUT2D eigenvalue weighted by molar-refractivity contribution is 0.262. The van der Waals surface area contributed by atoms with E-state index in [4.69, 9.17) is 11.6 Å². The summed E-state index contributed by atoms with van der Waals surface area (Å²) >= 11 is 7.21. The second-order valence-corrected chi connectivity index (χ2v) is 6.18. The van der Waals surface area contributed by atoms with Gasteiger partial charge in [0.2, 0.25) is 0 Å². The van der Waals surface area contributed by atoms with Gasteiger partial charge in [-0.1, -0.05) is 29.8 Å². The minimum absolute atomic E-state index is 0.341. The van der Waals surface area contributed by atoms with Crippen molar-refractivity contribution in [3.8, 4) is 5.69 Å². The number of benzene rings is 1. The molecule has 0 saturated heterocycles. The maximum Gasteiger partial charge on any atom is 0.324 e. The number of para-hydroxylation sites is 1. The number of halogens is 1. The van der Waals surface area contributed by atoms with Crippen molar-refractivity contribution in [2.24, 2.45) is 0 Å². The van der Waals surface area contributed by atoms with Gasteiger partial charge in [0.15, 0.2) is 0 Å². The molecular formula is C15H13ClN4OS. The third kappa shape index (κ3) is 3.29. The highest BCUT2D eigenvalue weighted by molar-refractivity contribution is 7.14. The maximum absolute atomic E-state index is 12.1. The van der Waals surface area contributed by atoms with Crippen LogP contribution >= 0.6 is 22.9 Å². The zero-order valence-corrected chi connectivity index (χ0v) is 13.3. The number of carbonyl (C=O) groups is 1. The number of aryl methyl sites for hydroxylation is 1. The highest BCUT2D eigenvalue weighted by atomic mass is 35.5. The van der Waals surface area contributed by atoms with Gasteiger partial charge in [0.1, 0.15) is 5.82 Å². The van der Waals surface area contributed by atoms with E-state index in [2.05, 4.69) is 15.7 Å². The van der Waals surface area contributed by atoms with E-state index in [0.717, 1.165) is 11.4 Å². The van der Waals surface area contributed by atoms with Crippen LogP contribution in [0, 0.1) is 6.92 Å². The van der Waals surface area contributed by atoms with Gasteiger partial charge in [0, 0.05) is 11.4 Å². The summed E-state index contributed by atoms with van der Waals surface area (Å²) < 4.78 is 2.32. The predicted molar refractivity (Wildman–Crippen MR) is 90.3 cm³/mol. The van der Waals surface area contributed by atoms with Gasteiger partial charge in [0.25, 0.3) is 0 Å². The Morgan fingerprint density at radius 1 is 1.23 bits per heavy atom. The largest absolute Gasteiger partial charge is 0.324 e. The summed E-state index contributed by atoms with van der Waals surface area (Å²) in [5, 5.41) is 11.7. The van der Waals surface area contributed by atoms with Gasteiger partial charge < -0.3 is 5.32 Å². The van der Waals surface area contributed by atoms with Crippen LogP contribution < -0.4 is 10.6 Å². The highest BCUT2D eigenvalue weighted by Crippen LogP contribution is 2.24. The number of aromatic nitrogens is 2. The summed E-state index contributed by atoms with van der Waals surface area (Å²) in [6.07, 6.45) is 0. The smallest absolute Gasteiger partial charge is 0.307 e. The lowest BCUT2D eigenvalue weighted by atomic mass is 10.3. The van der Waals surface area contributed by atoms with Crippen LogP contribution in [0.3, 0.4) is 0 Å². The summed E-state index contributed by atoms with van der Waals surface area (Å²) in [5.41, 5.74) is 2.36. The Kier molecular flexibility index (Phi) is 4.13. The Hall–Kier alpha value is -2.31. The van der Waals surface area contributed by atoms with E-state index in [1.807, 2.05) is 43.3 Å². The van der Waals surface area contributed by atoms with Gasteiger partial charge in [-0.15, -0.1) is 11.3 Å². The third-order valence-electron chi connectivity index (χ3n) is 2.90. The maximum atomic E-state index is 12.1. The Morgan fingerprint density at radius 3 is 2.68 bits per heavy atom. The molecule has 0 unspecified atom stereocenters. The molecule has 22 heavy (non-hydrogen) atoms. The number of hydrogen-bond donors (Lipinski definition) is 2. The number of hydrogen-bond acceptors (Lipinski definition) is 3. The molecule has 3 rings (SSSR count). The summed E-state index contributed by atoms with van der Waals surface area (Å²) in [5.74, 6) is 0.600. The molecule has 0 aliphatic carbocycles. The fraction of sp³-hybridized carbons (Fsp3) is 0.0667. The van der Waals surface area contributed by atoms with Crippen LogP contribution in [0.2, 0.25) is 4.34 Å². The zero-order chi connectivity index (χ0) is 15.5. The van der Waals surface area contributed by atoms with Crippen LogP contribution in [0.1, 0.15) is 5.69 Å². The quantitative estimate of drug-likeness (QED) is 0.739. The molecule has 2 aromatic heterocycles. The molecule has 7 heteroatoms. The minimum atomic E-state index is -0.341. The predicted octanol–water partition coefficient (Wildman–Crippen LogP) is 4.54. The summed E-state index contributed by atoms with van der Waals surface area (Å²) in [4.78, 5) is 12.1. The number of thiophene rings is 1. The average Bonchev–Trinajstić information content (AvgIpc) is 3.06. The summed E-state index contributed by atoms with van der Waals surface area (Å²) in [6.45, 7) is 1.88. The first-order valence-corrected chi connectivity index (χ1v) is 7.82. The minimum Gasteiger partial charge on any atom is -0.307 e. The molecule has 0 aliphatic heterocycles. The van der Waals surface area contributed by atoms with Gasteiger partial charge in [-0.3, -0.25) is 5.32 Å². The fourth-order valence-electron chi connectivity index (χ4n) is 2.01.